The quantitative estimate of drug-likeness (QED) is 0.763. The van der Waals surface area contributed by atoms with Crippen LogP contribution in [0, 0.1) is 5.92 Å². The van der Waals surface area contributed by atoms with Gasteiger partial charge in [-0.15, -0.1) is 0 Å². The molecule has 2 saturated heterocycles. The number of nitrogens with one attached hydrogen (secondary N) is 2. The highest BCUT2D eigenvalue weighted by Gasteiger charge is 2.35. The lowest BCUT2D eigenvalue weighted by Gasteiger charge is -2.33. The van der Waals surface area contributed by atoms with E-state index in [-0.39, 0.29) is 23.3 Å². The molecule has 5 nitrogen and oxygen atoms in total. The molecule has 2 fully saturated rings. The molecule has 1 amide bonds. The zero-order valence-corrected chi connectivity index (χ0v) is 11.7. The number of rotatable bonds is 3. The first kappa shape index (κ1) is 13.8. The largest absolute Gasteiger partial charge is 0.354 e. The Bertz CT molecular complexity index is 413. The van der Waals surface area contributed by atoms with Gasteiger partial charge in [0.1, 0.15) is 0 Å². The van der Waals surface area contributed by atoms with E-state index in [2.05, 4.69) is 10.6 Å². The van der Waals surface area contributed by atoms with E-state index in [1.165, 1.54) is 0 Å². The summed E-state index contributed by atoms with van der Waals surface area (Å²) in [6.07, 6.45) is 3.70. The second-order valence-corrected chi connectivity index (χ2v) is 7.92. The summed E-state index contributed by atoms with van der Waals surface area (Å²) < 4.78 is 22.7. The van der Waals surface area contributed by atoms with Gasteiger partial charge in [-0.1, -0.05) is 0 Å². The van der Waals surface area contributed by atoms with Crippen LogP contribution in [0.25, 0.3) is 0 Å². The second-order valence-electron chi connectivity index (χ2n) is 5.70. The van der Waals surface area contributed by atoms with Gasteiger partial charge in [0.25, 0.3) is 0 Å². The molecule has 0 saturated carbocycles. The van der Waals surface area contributed by atoms with Gasteiger partial charge < -0.3 is 10.6 Å². The zero-order valence-electron chi connectivity index (χ0n) is 10.9. The van der Waals surface area contributed by atoms with Crippen molar-refractivity contribution in [3.63, 3.8) is 0 Å². The van der Waals surface area contributed by atoms with Crippen LogP contribution in [0.1, 0.15) is 32.6 Å². The van der Waals surface area contributed by atoms with Crippen LogP contribution in [-0.2, 0) is 14.6 Å². The van der Waals surface area contributed by atoms with E-state index in [1.54, 1.807) is 0 Å². The highest BCUT2D eigenvalue weighted by atomic mass is 32.2. The van der Waals surface area contributed by atoms with Crippen LogP contribution < -0.4 is 10.6 Å². The van der Waals surface area contributed by atoms with E-state index in [9.17, 15) is 13.2 Å². The van der Waals surface area contributed by atoms with Crippen molar-refractivity contribution in [2.75, 3.05) is 24.6 Å². The molecule has 104 valence electrons. The van der Waals surface area contributed by atoms with Gasteiger partial charge in [-0.2, -0.15) is 0 Å². The number of hydrogen-bond donors (Lipinski definition) is 2. The van der Waals surface area contributed by atoms with E-state index < -0.39 is 15.4 Å². The highest BCUT2D eigenvalue weighted by molar-refractivity contribution is 7.91. The molecule has 2 N–H and O–H groups in total. The second kappa shape index (κ2) is 5.17. The first-order valence-electron chi connectivity index (χ1n) is 6.65. The number of carbonyl (C=O) groups excluding carboxylic acids is 1. The third-order valence-corrected chi connectivity index (χ3v) is 5.83. The van der Waals surface area contributed by atoms with Crippen molar-refractivity contribution in [2.24, 2.45) is 5.92 Å². The van der Waals surface area contributed by atoms with Crippen LogP contribution in [-0.4, -0.2) is 44.5 Å². The Morgan fingerprint density at radius 2 is 2.22 bits per heavy atom. The Balaban J connectivity index is 1.81. The van der Waals surface area contributed by atoms with Crippen LogP contribution in [0.4, 0.5) is 0 Å². The monoisotopic (exact) mass is 274 g/mol. The summed E-state index contributed by atoms with van der Waals surface area (Å²) >= 11 is 0. The lowest BCUT2D eigenvalue weighted by molar-refractivity contribution is -0.128. The summed E-state index contributed by atoms with van der Waals surface area (Å²) in [6, 6.07) is 0. The fourth-order valence-electron chi connectivity index (χ4n) is 2.72. The zero-order chi connectivity index (χ0) is 13.2. The molecule has 18 heavy (non-hydrogen) atoms. The van der Waals surface area contributed by atoms with Gasteiger partial charge in [-0.25, -0.2) is 8.42 Å². The Kier molecular flexibility index (Phi) is 3.96. The number of carbonyl (C=O) groups is 1. The van der Waals surface area contributed by atoms with Crippen LogP contribution in [0.3, 0.4) is 0 Å². The minimum absolute atomic E-state index is 0.00602. The molecule has 2 rings (SSSR count). The van der Waals surface area contributed by atoms with Gasteiger partial charge in [0.2, 0.25) is 5.91 Å². The van der Waals surface area contributed by atoms with Crippen molar-refractivity contribution >= 4 is 15.7 Å². The fraction of sp³-hybridized carbons (Fsp3) is 0.917. The van der Waals surface area contributed by atoms with Crippen LogP contribution in [0.5, 0.6) is 0 Å². The smallest absolute Gasteiger partial charge is 0.240 e. The molecule has 0 radical (unpaired) electrons. The van der Waals surface area contributed by atoms with Gasteiger partial charge in [0.05, 0.1) is 17.0 Å². The summed E-state index contributed by atoms with van der Waals surface area (Å²) in [5, 5.41) is 6.16. The summed E-state index contributed by atoms with van der Waals surface area (Å²) in [5.74, 6) is 0.582. The highest BCUT2D eigenvalue weighted by Crippen LogP contribution is 2.20. The van der Waals surface area contributed by atoms with Crippen molar-refractivity contribution in [1.82, 2.24) is 10.6 Å². The molecule has 6 heteroatoms. The summed E-state index contributed by atoms with van der Waals surface area (Å²) in [5.41, 5.74) is -0.476. The van der Waals surface area contributed by atoms with E-state index in [1.807, 2.05) is 6.92 Å². The summed E-state index contributed by atoms with van der Waals surface area (Å²) in [6.45, 7) is 3.28. The van der Waals surface area contributed by atoms with E-state index in [4.69, 9.17) is 0 Å². The normalized spacial score (nSPS) is 35.3. The summed E-state index contributed by atoms with van der Waals surface area (Å²) in [7, 11) is -2.85. The van der Waals surface area contributed by atoms with Crippen molar-refractivity contribution in [1.29, 1.82) is 0 Å². The molecule has 0 aromatic rings. The van der Waals surface area contributed by atoms with Crippen molar-refractivity contribution in [3.8, 4) is 0 Å². The summed E-state index contributed by atoms with van der Waals surface area (Å²) in [4.78, 5) is 12.1. The molecule has 0 aliphatic carbocycles. The van der Waals surface area contributed by atoms with Gasteiger partial charge >= 0.3 is 0 Å². The third kappa shape index (κ3) is 3.23. The number of hydrogen-bond acceptors (Lipinski definition) is 4. The molecule has 2 aliphatic rings. The van der Waals surface area contributed by atoms with Gasteiger partial charge in [0.15, 0.2) is 9.84 Å². The maximum atomic E-state index is 12.1. The Hall–Kier alpha value is -0.620. The fourth-order valence-corrected chi connectivity index (χ4v) is 4.58. The molecule has 2 heterocycles. The maximum absolute atomic E-state index is 12.1. The number of amides is 1. The van der Waals surface area contributed by atoms with Crippen molar-refractivity contribution in [2.45, 2.75) is 38.1 Å². The Labute approximate surface area is 109 Å². The lowest BCUT2D eigenvalue weighted by Crippen LogP contribution is -2.57. The first-order chi connectivity index (χ1) is 8.41. The van der Waals surface area contributed by atoms with E-state index >= 15 is 0 Å². The molecule has 0 aromatic carbocycles. The van der Waals surface area contributed by atoms with Crippen molar-refractivity contribution in [3.05, 3.63) is 0 Å². The maximum Gasteiger partial charge on any atom is 0.240 e. The predicted molar refractivity (Wildman–Crippen MR) is 70.0 cm³/mol. The minimum atomic E-state index is -2.85. The molecule has 0 spiro atoms. The standard InChI is InChI=1S/C12H22N2O3S/c1-12(5-2-3-6-14-12)11(15)13-8-10-4-7-18(16,17)9-10/h10,14H,2-9H2,1H3,(H,13,15). The van der Waals surface area contributed by atoms with Crippen LogP contribution in [0.2, 0.25) is 0 Å². The molecule has 2 atom stereocenters. The number of sulfone groups is 1. The third-order valence-electron chi connectivity index (χ3n) is 4.00. The van der Waals surface area contributed by atoms with Crippen molar-refractivity contribution < 1.29 is 13.2 Å². The lowest BCUT2D eigenvalue weighted by atomic mass is 9.90. The molecular formula is C12H22N2O3S. The number of piperidine rings is 1. The average molecular weight is 274 g/mol. The Morgan fingerprint density at radius 3 is 2.78 bits per heavy atom. The average Bonchev–Trinajstić information content (AvgIpc) is 2.67. The molecule has 0 aromatic heterocycles. The van der Waals surface area contributed by atoms with Gasteiger partial charge in [-0.05, 0) is 45.1 Å². The molecular weight excluding hydrogens is 252 g/mol. The minimum Gasteiger partial charge on any atom is -0.354 e. The topological polar surface area (TPSA) is 75.3 Å². The van der Waals surface area contributed by atoms with Crippen LogP contribution in [0.15, 0.2) is 0 Å². The van der Waals surface area contributed by atoms with E-state index in [0.717, 1.165) is 25.8 Å². The van der Waals surface area contributed by atoms with E-state index in [0.29, 0.717) is 13.0 Å². The molecule has 0 bridgehead atoms. The molecule has 2 aliphatic heterocycles. The molecule has 2 unspecified atom stereocenters. The van der Waals surface area contributed by atoms with Gasteiger partial charge in [0, 0.05) is 6.54 Å². The van der Waals surface area contributed by atoms with Crippen LogP contribution >= 0.6 is 0 Å². The Morgan fingerprint density at radius 1 is 1.44 bits per heavy atom. The van der Waals surface area contributed by atoms with Gasteiger partial charge in [-0.3, -0.25) is 4.79 Å². The predicted octanol–water partition coefficient (Wildman–Crippen LogP) is 0.0695. The SMILES string of the molecule is CC1(C(=O)NCC2CCS(=O)(=O)C2)CCCCN1. The first-order valence-corrected chi connectivity index (χ1v) is 8.47.